The Balaban J connectivity index is 1.89. The van der Waals surface area contributed by atoms with Gasteiger partial charge in [0, 0.05) is 16.9 Å². The van der Waals surface area contributed by atoms with Crippen LogP contribution in [0, 0.1) is 0 Å². The lowest BCUT2D eigenvalue weighted by molar-refractivity contribution is -0.126. The summed E-state index contributed by atoms with van der Waals surface area (Å²) in [6, 6.07) is 7.27. The molecule has 22 heavy (non-hydrogen) atoms. The second-order valence-electron chi connectivity index (χ2n) is 6.42. The van der Waals surface area contributed by atoms with Crippen LogP contribution < -0.4 is 5.32 Å². The molecule has 2 aliphatic heterocycles. The lowest BCUT2D eigenvalue weighted by Crippen LogP contribution is -2.52. The highest BCUT2D eigenvalue weighted by molar-refractivity contribution is 8.01. The molecule has 1 aromatic carbocycles. The highest BCUT2D eigenvalue weighted by atomic mass is 32.2. The minimum absolute atomic E-state index is 0.0192. The SMILES string of the molecule is CCCCNC(=O)[C@@H]1N2C(=O)c3ccccc3[C@@H]2SC1(C)C. The van der Waals surface area contributed by atoms with Gasteiger partial charge in [-0.15, -0.1) is 11.8 Å². The van der Waals surface area contributed by atoms with Gasteiger partial charge in [0.1, 0.15) is 11.4 Å². The van der Waals surface area contributed by atoms with Crippen LogP contribution in [0.25, 0.3) is 0 Å². The number of carbonyl (C=O) groups excluding carboxylic acids is 2. The van der Waals surface area contributed by atoms with Gasteiger partial charge in [0.05, 0.1) is 0 Å². The molecular weight excluding hydrogens is 296 g/mol. The van der Waals surface area contributed by atoms with Gasteiger partial charge in [-0.25, -0.2) is 0 Å². The van der Waals surface area contributed by atoms with Crippen molar-refractivity contribution >= 4 is 23.6 Å². The average molecular weight is 318 g/mol. The normalized spacial score (nSPS) is 25.0. The zero-order chi connectivity index (χ0) is 15.9. The Labute approximate surface area is 135 Å². The number of hydrogen-bond acceptors (Lipinski definition) is 3. The van der Waals surface area contributed by atoms with Gasteiger partial charge < -0.3 is 10.2 Å². The number of nitrogens with zero attached hydrogens (tertiary/aromatic N) is 1. The highest BCUT2D eigenvalue weighted by Crippen LogP contribution is 2.56. The summed E-state index contributed by atoms with van der Waals surface area (Å²) in [5.74, 6) is -0.0519. The largest absolute Gasteiger partial charge is 0.354 e. The predicted octanol–water partition coefficient (Wildman–Crippen LogP) is 2.95. The molecular formula is C17H22N2O2S. The fraction of sp³-hybridized carbons (Fsp3) is 0.529. The standard InChI is InChI=1S/C17H22N2O2S/c1-4-5-10-18-14(20)13-17(2,3)22-16-12-9-7-6-8-11(12)15(21)19(13)16/h6-9,13,16H,4-5,10H2,1-3H3,(H,18,20)/t13-,16-/m0/s1. The summed E-state index contributed by atoms with van der Waals surface area (Å²) < 4.78 is -0.288. The molecule has 2 atom stereocenters. The number of nitrogens with one attached hydrogen (secondary N) is 1. The van der Waals surface area contributed by atoms with Gasteiger partial charge in [0.15, 0.2) is 0 Å². The minimum Gasteiger partial charge on any atom is -0.354 e. The first-order valence-electron chi connectivity index (χ1n) is 7.84. The number of carbonyl (C=O) groups is 2. The zero-order valence-corrected chi connectivity index (χ0v) is 14.1. The Morgan fingerprint density at radius 3 is 2.82 bits per heavy atom. The summed E-state index contributed by atoms with van der Waals surface area (Å²) in [5.41, 5.74) is 1.77. The van der Waals surface area contributed by atoms with E-state index in [1.807, 2.05) is 24.3 Å². The minimum atomic E-state index is -0.417. The van der Waals surface area contributed by atoms with Gasteiger partial charge in [0.2, 0.25) is 5.91 Å². The number of rotatable bonds is 4. The Morgan fingerprint density at radius 2 is 2.09 bits per heavy atom. The Bertz CT molecular complexity index is 614. The predicted molar refractivity (Wildman–Crippen MR) is 88.7 cm³/mol. The lowest BCUT2D eigenvalue weighted by Gasteiger charge is -2.29. The molecule has 1 aromatic rings. The third-order valence-electron chi connectivity index (χ3n) is 4.37. The van der Waals surface area contributed by atoms with Crippen LogP contribution in [-0.2, 0) is 4.79 Å². The summed E-state index contributed by atoms with van der Waals surface area (Å²) in [4.78, 5) is 27.2. The highest BCUT2D eigenvalue weighted by Gasteiger charge is 2.57. The van der Waals surface area contributed by atoms with E-state index >= 15 is 0 Å². The van der Waals surface area contributed by atoms with E-state index in [-0.39, 0.29) is 21.9 Å². The maximum Gasteiger partial charge on any atom is 0.256 e. The van der Waals surface area contributed by atoms with Crippen LogP contribution >= 0.6 is 11.8 Å². The van der Waals surface area contributed by atoms with E-state index in [0.717, 1.165) is 24.0 Å². The van der Waals surface area contributed by atoms with E-state index in [1.165, 1.54) is 0 Å². The smallest absolute Gasteiger partial charge is 0.256 e. The number of hydrogen-bond donors (Lipinski definition) is 1. The van der Waals surface area contributed by atoms with Crippen molar-refractivity contribution in [1.29, 1.82) is 0 Å². The second kappa shape index (κ2) is 5.61. The quantitative estimate of drug-likeness (QED) is 0.868. The van der Waals surface area contributed by atoms with E-state index in [0.29, 0.717) is 6.54 Å². The second-order valence-corrected chi connectivity index (χ2v) is 8.15. The maximum atomic E-state index is 12.7. The summed E-state index contributed by atoms with van der Waals surface area (Å²) in [7, 11) is 0. The fourth-order valence-corrected chi connectivity index (χ4v) is 4.88. The average Bonchev–Trinajstić information content (AvgIpc) is 2.91. The van der Waals surface area contributed by atoms with Crippen molar-refractivity contribution in [3.8, 4) is 0 Å². The molecule has 5 heteroatoms. The van der Waals surface area contributed by atoms with Gasteiger partial charge in [-0.1, -0.05) is 31.5 Å². The topological polar surface area (TPSA) is 49.4 Å². The number of thioether (sulfide) groups is 1. The van der Waals surface area contributed by atoms with Gasteiger partial charge in [-0.3, -0.25) is 9.59 Å². The molecule has 0 spiro atoms. The molecule has 3 rings (SSSR count). The number of amides is 2. The third-order valence-corrected chi connectivity index (χ3v) is 5.91. The van der Waals surface area contributed by atoms with Crippen molar-refractivity contribution in [3.63, 3.8) is 0 Å². The molecule has 0 aromatic heterocycles. The first-order valence-corrected chi connectivity index (χ1v) is 8.72. The van der Waals surface area contributed by atoms with E-state index in [1.54, 1.807) is 16.7 Å². The summed E-state index contributed by atoms with van der Waals surface area (Å²) >= 11 is 1.70. The van der Waals surface area contributed by atoms with Crippen molar-refractivity contribution in [2.45, 2.75) is 49.8 Å². The van der Waals surface area contributed by atoms with Crippen LogP contribution in [0.4, 0.5) is 0 Å². The van der Waals surface area contributed by atoms with Crippen molar-refractivity contribution in [3.05, 3.63) is 35.4 Å². The van der Waals surface area contributed by atoms with Gasteiger partial charge in [-0.05, 0) is 31.9 Å². The molecule has 0 aliphatic carbocycles. The van der Waals surface area contributed by atoms with Crippen molar-refractivity contribution < 1.29 is 9.59 Å². The summed E-state index contributed by atoms with van der Waals surface area (Å²) in [6.07, 6.45) is 2.00. The van der Waals surface area contributed by atoms with E-state index in [2.05, 4.69) is 26.1 Å². The molecule has 118 valence electrons. The van der Waals surface area contributed by atoms with Crippen LogP contribution in [0.3, 0.4) is 0 Å². The summed E-state index contributed by atoms with van der Waals surface area (Å²) in [6.45, 7) is 6.87. The van der Waals surface area contributed by atoms with Crippen LogP contribution in [-0.4, -0.2) is 34.0 Å². The molecule has 1 N–H and O–H groups in total. The molecule has 2 heterocycles. The lowest BCUT2D eigenvalue weighted by atomic mass is 10.0. The zero-order valence-electron chi connectivity index (χ0n) is 13.3. The molecule has 2 amide bonds. The molecule has 0 saturated carbocycles. The Hall–Kier alpha value is -1.49. The Kier molecular flexibility index (Phi) is 3.93. The monoisotopic (exact) mass is 318 g/mol. The van der Waals surface area contributed by atoms with Crippen molar-refractivity contribution in [2.75, 3.05) is 6.54 Å². The molecule has 1 fully saturated rings. The molecule has 2 aliphatic rings. The van der Waals surface area contributed by atoms with Crippen LogP contribution in [0.5, 0.6) is 0 Å². The molecule has 0 bridgehead atoms. The van der Waals surface area contributed by atoms with Crippen LogP contribution in [0.2, 0.25) is 0 Å². The molecule has 0 unspecified atom stereocenters. The number of benzene rings is 1. The van der Waals surface area contributed by atoms with Crippen LogP contribution in [0.1, 0.15) is 54.9 Å². The van der Waals surface area contributed by atoms with Gasteiger partial charge in [0.25, 0.3) is 5.91 Å². The fourth-order valence-electron chi connectivity index (χ4n) is 3.29. The molecule has 4 nitrogen and oxygen atoms in total. The van der Waals surface area contributed by atoms with E-state index in [4.69, 9.17) is 0 Å². The summed E-state index contributed by atoms with van der Waals surface area (Å²) in [5, 5.41) is 2.95. The number of fused-ring (bicyclic) bond motifs is 3. The van der Waals surface area contributed by atoms with Crippen LogP contribution in [0.15, 0.2) is 24.3 Å². The van der Waals surface area contributed by atoms with Crippen molar-refractivity contribution in [1.82, 2.24) is 10.2 Å². The van der Waals surface area contributed by atoms with Gasteiger partial charge >= 0.3 is 0 Å². The molecule has 1 saturated heterocycles. The first kappa shape index (κ1) is 15.4. The Morgan fingerprint density at radius 1 is 1.36 bits per heavy atom. The van der Waals surface area contributed by atoms with E-state index < -0.39 is 6.04 Å². The first-order chi connectivity index (χ1) is 10.5. The maximum absolute atomic E-state index is 12.7. The van der Waals surface area contributed by atoms with E-state index in [9.17, 15) is 9.59 Å². The third kappa shape index (κ3) is 2.32. The number of unbranched alkanes of at least 4 members (excludes halogenated alkanes) is 1. The molecule has 0 radical (unpaired) electrons. The van der Waals surface area contributed by atoms with Gasteiger partial charge in [-0.2, -0.15) is 0 Å². The van der Waals surface area contributed by atoms with Crippen molar-refractivity contribution in [2.24, 2.45) is 0 Å².